The van der Waals surface area contributed by atoms with E-state index in [4.69, 9.17) is 5.73 Å². The summed E-state index contributed by atoms with van der Waals surface area (Å²) in [4.78, 5) is 16.3. The van der Waals surface area contributed by atoms with Gasteiger partial charge in [-0.05, 0) is 35.7 Å². The first-order valence-corrected chi connectivity index (χ1v) is 6.47. The summed E-state index contributed by atoms with van der Waals surface area (Å²) in [5, 5.41) is 0. The number of pyridine rings is 1. The molecule has 0 unspecified atom stereocenters. The fraction of sp³-hybridized carbons (Fsp3) is 0.250. The topological polar surface area (TPSA) is 56.0 Å². The third-order valence-corrected chi connectivity index (χ3v) is 3.05. The van der Waals surface area contributed by atoms with Gasteiger partial charge >= 0.3 is 0 Å². The molecule has 0 bridgehead atoms. The highest BCUT2D eigenvalue weighted by Crippen LogP contribution is 2.08. The standard InChI is InChI=1S/C16H18N2O/c1-2-12-5-8-15(18-11-12)10-16(19)9-13-3-6-14(17)7-4-13/h3-8,11H,2,9-10,17H2,1H3. The number of carbonyl (C=O) groups is 1. The quantitative estimate of drug-likeness (QED) is 0.834. The zero-order valence-electron chi connectivity index (χ0n) is 11.1. The van der Waals surface area contributed by atoms with Gasteiger partial charge in [0.15, 0.2) is 0 Å². The van der Waals surface area contributed by atoms with Crippen molar-refractivity contribution in [3.05, 3.63) is 59.4 Å². The van der Waals surface area contributed by atoms with E-state index in [2.05, 4.69) is 11.9 Å². The van der Waals surface area contributed by atoms with Crippen LogP contribution in [0.3, 0.4) is 0 Å². The Morgan fingerprint density at radius 2 is 1.74 bits per heavy atom. The molecule has 0 fully saturated rings. The molecule has 3 heteroatoms. The van der Waals surface area contributed by atoms with Crippen LogP contribution in [-0.4, -0.2) is 10.8 Å². The predicted octanol–water partition coefficient (Wildman–Crippen LogP) is 2.58. The number of nitrogens with zero attached hydrogens (tertiary/aromatic N) is 1. The van der Waals surface area contributed by atoms with Gasteiger partial charge in [-0.25, -0.2) is 0 Å². The number of nitrogens with two attached hydrogens (primary N) is 1. The highest BCUT2D eigenvalue weighted by molar-refractivity contribution is 5.82. The molecule has 0 spiro atoms. The lowest BCUT2D eigenvalue weighted by Crippen LogP contribution is -2.08. The molecule has 2 N–H and O–H groups in total. The van der Waals surface area contributed by atoms with E-state index in [0.29, 0.717) is 18.5 Å². The molecule has 0 radical (unpaired) electrons. The van der Waals surface area contributed by atoms with E-state index in [-0.39, 0.29) is 5.78 Å². The van der Waals surface area contributed by atoms with Gasteiger partial charge in [0.25, 0.3) is 0 Å². The van der Waals surface area contributed by atoms with Crippen LogP contribution in [0.2, 0.25) is 0 Å². The third-order valence-electron chi connectivity index (χ3n) is 3.05. The van der Waals surface area contributed by atoms with Gasteiger partial charge in [-0.15, -0.1) is 0 Å². The lowest BCUT2D eigenvalue weighted by Gasteiger charge is -2.03. The minimum absolute atomic E-state index is 0.168. The van der Waals surface area contributed by atoms with Gasteiger partial charge in [0.05, 0.1) is 0 Å². The number of anilines is 1. The number of rotatable bonds is 5. The smallest absolute Gasteiger partial charge is 0.143 e. The summed E-state index contributed by atoms with van der Waals surface area (Å²) in [6.45, 7) is 2.09. The van der Waals surface area contributed by atoms with E-state index >= 15 is 0 Å². The van der Waals surface area contributed by atoms with Crippen molar-refractivity contribution in [2.24, 2.45) is 0 Å². The maximum Gasteiger partial charge on any atom is 0.143 e. The second-order valence-electron chi connectivity index (χ2n) is 4.65. The lowest BCUT2D eigenvalue weighted by molar-refractivity contribution is -0.117. The molecule has 2 aromatic rings. The van der Waals surface area contributed by atoms with Gasteiger partial charge < -0.3 is 5.73 Å². The molecule has 1 aromatic heterocycles. The first kappa shape index (κ1) is 13.3. The zero-order chi connectivity index (χ0) is 13.7. The van der Waals surface area contributed by atoms with Crippen molar-refractivity contribution >= 4 is 11.5 Å². The fourth-order valence-corrected chi connectivity index (χ4v) is 1.90. The molecule has 0 saturated carbocycles. The van der Waals surface area contributed by atoms with Gasteiger partial charge in [0.2, 0.25) is 0 Å². The number of ketones is 1. The molecule has 0 aliphatic rings. The monoisotopic (exact) mass is 254 g/mol. The summed E-state index contributed by atoms with van der Waals surface area (Å²) in [5.74, 6) is 0.168. The van der Waals surface area contributed by atoms with Crippen molar-refractivity contribution in [3.63, 3.8) is 0 Å². The van der Waals surface area contributed by atoms with E-state index in [0.717, 1.165) is 17.7 Å². The average molecular weight is 254 g/mol. The molecule has 2 rings (SSSR count). The summed E-state index contributed by atoms with van der Waals surface area (Å²) in [5.41, 5.74) is 9.34. The number of aryl methyl sites for hydroxylation is 1. The van der Waals surface area contributed by atoms with Gasteiger partial charge in [-0.3, -0.25) is 9.78 Å². The Kier molecular flexibility index (Phi) is 4.29. The largest absolute Gasteiger partial charge is 0.399 e. The van der Waals surface area contributed by atoms with Gasteiger partial charge in [0, 0.05) is 30.4 Å². The van der Waals surface area contributed by atoms with Gasteiger partial charge in [-0.2, -0.15) is 0 Å². The number of nitrogen functional groups attached to an aromatic ring is 1. The molecule has 98 valence electrons. The number of Topliss-reactive ketones (excluding diaryl/α,β-unsaturated/α-hetero) is 1. The van der Waals surface area contributed by atoms with Crippen molar-refractivity contribution in [1.29, 1.82) is 0 Å². The second-order valence-corrected chi connectivity index (χ2v) is 4.65. The highest BCUT2D eigenvalue weighted by atomic mass is 16.1. The summed E-state index contributed by atoms with van der Waals surface area (Å²) >= 11 is 0. The summed E-state index contributed by atoms with van der Waals surface area (Å²) in [6.07, 6.45) is 3.62. The number of aromatic nitrogens is 1. The molecular formula is C16H18N2O. The molecule has 19 heavy (non-hydrogen) atoms. The van der Waals surface area contributed by atoms with Crippen LogP contribution in [0.1, 0.15) is 23.7 Å². The van der Waals surface area contributed by atoms with E-state index in [9.17, 15) is 4.79 Å². The summed E-state index contributed by atoms with van der Waals surface area (Å²) < 4.78 is 0. The summed E-state index contributed by atoms with van der Waals surface area (Å²) in [6, 6.07) is 11.4. The lowest BCUT2D eigenvalue weighted by atomic mass is 10.0. The van der Waals surface area contributed by atoms with Crippen molar-refractivity contribution in [3.8, 4) is 0 Å². The van der Waals surface area contributed by atoms with Gasteiger partial charge in [0.1, 0.15) is 5.78 Å². The van der Waals surface area contributed by atoms with E-state index in [1.165, 1.54) is 5.56 Å². The number of carbonyl (C=O) groups excluding carboxylic acids is 1. The Bertz CT molecular complexity index is 544. The van der Waals surface area contributed by atoms with Crippen molar-refractivity contribution < 1.29 is 4.79 Å². The maximum atomic E-state index is 12.0. The van der Waals surface area contributed by atoms with Crippen LogP contribution in [0.4, 0.5) is 5.69 Å². The van der Waals surface area contributed by atoms with Crippen LogP contribution in [0, 0.1) is 0 Å². The second kappa shape index (κ2) is 6.14. The fourth-order valence-electron chi connectivity index (χ4n) is 1.90. The Morgan fingerprint density at radius 1 is 1.05 bits per heavy atom. The SMILES string of the molecule is CCc1ccc(CC(=O)Cc2ccc(N)cc2)nc1. The molecular weight excluding hydrogens is 236 g/mol. The highest BCUT2D eigenvalue weighted by Gasteiger charge is 2.06. The van der Waals surface area contributed by atoms with E-state index < -0.39 is 0 Å². The molecule has 3 nitrogen and oxygen atoms in total. The third kappa shape index (κ3) is 3.91. The van der Waals surface area contributed by atoms with Crippen LogP contribution < -0.4 is 5.73 Å². The maximum absolute atomic E-state index is 12.0. The Labute approximate surface area is 113 Å². The van der Waals surface area contributed by atoms with E-state index in [1.807, 2.05) is 42.6 Å². The van der Waals surface area contributed by atoms with Crippen molar-refractivity contribution in [2.75, 3.05) is 5.73 Å². The minimum Gasteiger partial charge on any atom is -0.399 e. The molecule has 0 aliphatic carbocycles. The molecule has 1 aromatic carbocycles. The number of hydrogen-bond acceptors (Lipinski definition) is 3. The Hall–Kier alpha value is -2.16. The molecule has 0 saturated heterocycles. The first-order valence-electron chi connectivity index (χ1n) is 6.47. The minimum atomic E-state index is 0.168. The van der Waals surface area contributed by atoms with Crippen LogP contribution in [0.15, 0.2) is 42.6 Å². The van der Waals surface area contributed by atoms with Crippen LogP contribution in [0.5, 0.6) is 0 Å². The number of benzene rings is 1. The molecule has 1 heterocycles. The molecule has 0 amide bonds. The average Bonchev–Trinajstić information content (AvgIpc) is 2.42. The van der Waals surface area contributed by atoms with Crippen molar-refractivity contribution in [1.82, 2.24) is 4.98 Å². The summed E-state index contributed by atoms with van der Waals surface area (Å²) in [7, 11) is 0. The molecule has 0 aliphatic heterocycles. The Balaban J connectivity index is 1.95. The Morgan fingerprint density at radius 3 is 2.32 bits per heavy atom. The normalized spacial score (nSPS) is 10.4. The van der Waals surface area contributed by atoms with Gasteiger partial charge in [-0.1, -0.05) is 25.1 Å². The zero-order valence-corrected chi connectivity index (χ0v) is 11.1. The molecule has 0 atom stereocenters. The first-order chi connectivity index (χ1) is 9.17. The van der Waals surface area contributed by atoms with Crippen LogP contribution in [-0.2, 0) is 24.1 Å². The predicted molar refractivity (Wildman–Crippen MR) is 76.9 cm³/mol. The van der Waals surface area contributed by atoms with Crippen LogP contribution >= 0.6 is 0 Å². The van der Waals surface area contributed by atoms with E-state index in [1.54, 1.807) is 0 Å². The number of hydrogen-bond donors (Lipinski definition) is 1. The van der Waals surface area contributed by atoms with Crippen LogP contribution in [0.25, 0.3) is 0 Å². The van der Waals surface area contributed by atoms with Crippen molar-refractivity contribution in [2.45, 2.75) is 26.2 Å².